The molecule has 0 N–H and O–H groups in total. The Morgan fingerprint density at radius 3 is 2.07 bits per heavy atom. The molecular formula is C12H25NO2. The van der Waals surface area contributed by atoms with Crippen molar-refractivity contribution in [1.29, 1.82) is 0 Å². The highest BCUT2D eigenvalue weighted by molar-refractivity contribution is 4.85. The quantitative estimate of drug-likeness (QED) is 0.715. The first-order valence-electron chi connectivity index (χ1n) is 5.85. The van der Waals surface area contributed by atoms with Crippen molar-refractivity contribution in [3.05, 3.63) is 0 Å². The Bertz CT molecular complexity index is 194. The Hall–Kier alpha value is -0.120. The summed E-state index contributed by atoms with van der Waals surface area (Å²) in [6.45, 7) is 10.3. The molecule has 1 rings (SSSR count). The highest BCUT2D eigenvalue weighted by atomic mass is 16.7. The Morgan fingerprint density at radius 1 is 1.20 bits per heavy atom. The van der Waals surface area contributed by atoms with Gasteiger partial charge in [0.2, 0.25) is 0 Å². The molecule has 1 saturated heterocycles. The molecule has 0 radical (unpaired) electrons. The van der Waals surface area contributed by atoms with E-state index >= 15 is 0 Å². The second kappa shape index (κ2) is 4.81. The molecule has 15 heavy (non-hydrogen) atoms. The van der Waals surface area contributed by atoms with Crippen LogP contribution in [-0.2, 0) is 9.47 Å². The number of hydrogen-bond acceptors (Lipinski definition) is 3. The molecule has 1 heterocycles. The van der Waals surface area contributed by atoms with Crippen LogP contribution >= 0.6 is 0 Å². The van der Waals surface area contributed by atoms with Crippen molar-refractivity contribution in [3.8, 4) is 0 Å². The maximum Gasteiger partial charge on any atom is 0.173 e. The maximum atomic E-state index is 6.12. The number of nitrogens with zero attached hydrogens (tertiary/aromatic N) is 1. The molecule has 3 nitrogen and oxygen atoms in total. The number of rotatable bonds is 4. The van der Waals surface area contributed by atoms with Crippen LogP contribution in [0.1, 0.15) is 27.7 Å². The zero-order valence-corrected chi connectivity index (χ0v) is 10.9. The topological polar surface area (TPSA) is 21.7 Å². The normalized spacial score (nSPS) is 25.8. The smallest absolute Gasteiger partial charge is 0.173 e. The van der Waals surface area contributed by atoms with Crippen molar-refractivity contribution >= 4 is 0 Å². The lowest BCUT2D eigenvalue weighted by atomic mass is 9.91. The summed E-state index contributed by atoms with van der Waals surface area (Å²) in [6.07, 6.45) is 0.213. The van der Waals surface area contributed by atoms with Crippen LogP contribution in [0, 0.1) is 11.8 Å². The van der Waals surface area contributed by atoms with Gasteiger partial charge in [0.25, 0.3) is 0 Å². The first-order chi connectivity index (χ1) is 6.88. The van der Waals surface area contributed by atoms with Crippen LogP contribution in [0.5, 0.6) is 0 Å². The zero-order chi connectivity index (χ0) is 11.6. The van der Waals surface area contributed by atoms with Gasteiger partial charge in [0, 0.05) is 18.4 Å². The maximum absolute atomic E-state index is 6.12. The van der Waals surface area contributed by atoms with Crippen molar-refractivity contribution in [2.45, 2.75) is 39.6 Å². The lowest BCUT2D eigenvalue weighted by Crippen LogP contribution is -2.43. The van der Waals surface area contributed by atoms with Gasteiger partial charge in [-0.1, -0.05) is 27.7 Å². The minimum Gasteiger partial charge on any atom is -0.347 e. The largest absolute Gasteiger partial charge is 0.347 e. The molecule has 90 valence electrons. The molecule has 1 unspecified atom stereocenters. The number of likely N-dealkylation sites (N-methyl/N-ethyl adjacent to an activating group) is 1. The third-order valence-electron chi connectivity index (χ3n) is 3.02. The highest BCUT2D eigenvalue weighted by Gasteiger charge is 2.46. The van der Waals surface area contributed by atoms with Crippen LogP contribution in [0.4, 0.5) is 0 Å². The van der Waals surface area contributed by atoms with Crippen LogP contribution in [0.2, 0.25) is 0 Å². The van der Waals surface area contributed by atoms with Crippen LogP contribution < -0.4 is 0 Å². The first kappa shape index (κ1) is 12.9. The lowest BCUT2D eigenvalue weighted by molar-refractivity contribution is -0.226. The minimum absolute atomic E-state index is 0.213. The van der Waals surface area contributed by atoms with E-state index in [0.29, 0.717) is 18.4 Å². The Labute approximate surface area is 93.7 Å². The summed E-state index contributed by atoms with van der Waals surface area (Å²) in [5.41, 5.74) is 0. The van der Waals surface area contributed by atoms with Gasteiger partial charge < -0.3 is 14.4 Å². The van der Waals surface area contributed by atoms with E-state index in [9.17, 15) is 0 Å². The number of hydrogen-bond donors (Lipinski definition) is 0. The molecule has 0 aromatic carbocycles. The first-order valence-corrected chi connectivity index (χ1v) is 5.85. The van der Waals surface area contributed by atoms with Crippen LogP contribution in [-0.4, -0.2) is 44.0 Å². The SMILES string of the molecule is CC(C)C1(C(C)C)OCC(CN(C)C)O1. The van der Waals surface area contributed by atoms with Gasteiger partial charge in [-0.3, -0.25) is 0 Å². The number of ether oxygens (including phenoxy) is 2. The van der Waals surface area contributed by atoms with Gasteiger partial charge in [-0.05, 0) is 14.1 Å². The fourth-order valence-corrected chi connectivity index (χ4v) is 2.32. The van der Waals surface area contributed by atoms with Crippen molar-refractivity contribution in [2.24, 2.45) is 11.8 Å². The van der Waals surface area contributed by atoms with Gasteiger partial charge in [-0.15, -0.1) is 0 Å². The third kappa shape index (κ3) is 2.71. The Kier molecular flexibility index (Phi) is 4.15. The predicted molar refractivity (Wildman–Crippen MR) is 61.8 cm³/mol. The summed E-state index contributed by atoms with van der Waals surface area (Å²) in [6, 6.07) is 0. The second-order valence-electron chi connectivity index (χ2n) is 5.34. The zero-order valence-electron chi connectivity index (χ0n) is 10.9. The van der Waals surface area contributed by atoms with Crippen molar-refractivity contribution in [1.82, 2.24) is 4.90 Å². The van der Waals surface area contributed by atoms with E-state index in [0.717, 1.165) is 6.54 Å². The summed E-state index contributed by atoms with van der Waals surface area (Å²) < 4.78 is 12.0. The fraction of sp³-hybridized carbons (Fsp3) is 1.00. The van der Waals surface area contributed by atoms with Gasteiger partial charge in [0.05, 0.1) is 12.7 Å². The highest BCUT2D eigenvalue weighted by Crippen LogP contribution is 2.37. The molecule has 1 aliphatic heterocycles. The molecule has 0 spiro atoms. The minimum atomic E-state index is -0.374. The van der Waals surface area contributed by atoms with E-state index in [1.807, 2.05) is 0 Å². The summed E-state index contributed by atoms with van der Waals surface area (Å²) in [5.74, 6) is 0.412. The molecule has 0 aromatic heterocycles. The molecule has 0 bridgehead atoms. The third-order valence-corrected chi connectivity index (χ3v) is 3.02. The summed E-state index contributed by atoms with van der Waals surface area (Å²) in [4.78, 5) is 2.14. The van der Waals surface area contributed by atoms with E-state index in [1.54, 1.807) is 0 Å². The average molecular weight is 215 g/mol. The van der Waals surface area contributed by atoms with Gasteiger partial charge in [-0.25, -0.2) is 0 Å². The van der Waals surface area contributed by atoms with E-state index in [-0.39, 0.29) is 11.9 Å². The van der Waals surface area contributed by atoms with E-state index in [4.69, 9.17) is 9.47 Å². The Balaban J connectivity index is 2.64. The molecule has 0 aliphatic carbocycles. The van der Waals surface area contributed by atoms with Crippen molar-refractivity contribution in [2.75, 3.05) is 27.2 Å². The van der Waals surface area contributed by atoms with Gasteiger partial charge in [0.15, 0.2) is 5.79 Å². The van der Waals surface area contributed by atoms with Crippen molar-refractivity contribution in [3.63, 3.8) is 0 Å². The van der Waals surface area contributed by atoms with E-state index in [2.05, 4.69) is 46.7 Å². The molecule has 1 fully saturated rings. The van der Waals surface area contributed by atoms with Gasteiger partial charge >= 0.3 is 0 Å². The lowest BCUT2D eigenvalue weighted by Gasteiger charge is -2.36. The second-order valence-corrected chi connectivity index (χ2v) is 5.34. The fourth-order valence-electron chi connectivity index (χ4n) is 2.32. The standard InChI is InChI=1S/C12H25NO2/c1-9(2)12(10(3)4)14-8-11(15-12)7-13(5)6/h9-11H,7-8H2,1-6H3. The van der Waals surface area contributed by atoms with Crippen molar-refractivity contribution < 1.29 is 9.47 Å². The average Bonchev–Trinajstić information content (AvgIpc) is 2.48. The molecule has 3 heteroatoms. The molecule has 0 aromatic rings. The predicted octanol–water partition coefficient (Wildman–Crippen LogP) is 1.97. The van der Waals surface area contributed by atoms with Gasteiger partial charge in [-0.2, -0.15) is 0 Å². The van der Waals surface area contributed by atoms with Crippen LogP contribution in [0.15, 0.2) is 0 Å². The summed E-state index contributed by atoms with van der Waals surface area (Å²) >= 11 is 0. The van der Waals surface area contributed by atoms with E-state index in [1.165, 1.54) is 0 Å². The molecular weight excluding hydrogens is 190 g/mol. The summed E-state index contributed by atoms with van der Waals surface area (Å²) in [5, 5.41) is 0. The monoisotopic (exact) mass is 215 g/mol. The van der Waals surface area contributed by atoms with Gasteiger partial charge in [0.1, 0.15) is 0 Å². The van der Waals surface area contributed by atoms with Crippen LogP contribution in [0.25, 0.3) is 0 Å². The molecule has 1 atom stereocenters. The molecule has 1 aliphatic rings. The molecule has 0 amide bonds. The van der Waals surface area contributed by atoms with E-state index < -0.39 is 0 Å². The van der Waals surface area contributed by atoms with Crippen LogP contribution in [0.3, 0.4) is 0 Å². The Morgan fingerprint density at radius 2 is 1.73 bits per heavy atom. The molecule has 0 saturated carbocycles. The summed E-state index contributed by atoms with van der Waals surface area (Å²) in [7, 11) is 4.13.